The Balaban J connectivity index is 1.26. The van der Waals surface area contributed by atoms with Crippen molar-refractivity contribution in [2.75, 3.05) is 0 Å². The molecule has 14 aromatic carbocycles. The lowest BCUT2D eigenvalue weighted by Gasteiger charge is -2.28. The van der Waals surface area contributed by atoms with E-state index in [2.05, 4.69) is 265 Å². The second-order valence-corrected chi connectivity index (χ2v) is 26.5. The molecule has 0 amide bonds. The van der Waals surface area contributed by atoms with Gasteiger partial charge in [-0.2, -0.15) is 0 Å². The molecule has 0 atom stereocenters. The van der Waals surface area contributed by atoms with Crippen LogP contribution in [0.4, 0.5) is 0 Å². The van der Waals surface area contributed by atoms with E-state index in [0.717, 1.165) is 0 Å². The van der Waals surface area contributed by atoms with E-state index >= 15 is 0 Å². The minimum absolute atomic E-state index is 0.0769. The number of hydrogen-bond acceptors (Lipinski definition) is 0. The van der Waals surface area contributed by atoms with E-state index < -0.39 is 0 Å². The monoisotopic (exact) mass is 979 g/mol. The van der Waals surface area contributed by atoms with Crippen molar-refractivity contribution >= 4 is 97.0 Å². The van der Waals surface area contributed by atoms with E-state index in [4.69, 9.17) is 0 Å². The molecule has 0 aliphatic rings. The van der Waals surface area contributed by atoms with Crippen molar-refractivity contribution in [1.82, 2.24) is 0 Å². The Labute approximate surface area is 448 Å². The quantitative estimate of drug-likeness (QED) is 0.154. The molecule has 0 radical (unpaired) electrons. The molecular formula is C76H66. The summed E-state index contributed by atoms with van der Waals surface area (Å²) in [6.45, 7) is 28.6. The molecule has 0 aliphatic heterocycles. The molecule has 14 rings (SSSR count). The Hall–Kier alpha value is -7.80. The van der Waals surface area contributed by atoms with Crippen molar-refractivity contribution in [3.05, 3.63) is 204 Å². The molecule has 0 spiro atoms. The maximum atomic E-state index is 2.63. The lowest BCUT2D eigenvalue weighted by atomic mass is 9.76. The fourth-order valence-corrected chi connectivity index (χ4v) is 13.3. The standard InChI is InChI=1S/C76H66/c1-73(2,3)51-34-49(35-52(39-51)74(4,5)6)66-62-42-61-58-31-30-55(44-22-17-14-18-23-44)56-24-19-25-57(69(56)58)60(61)41-63(62)67(50-36-53(75(7,8)9)40-54(37-50)76(10,11)12)72-64-38-48-33-47(43-20-15-13-16-21-43)32-46-27-26-45-28-29-59(71(66)72)70(64)68(45)65(46)48/h13-42H,1-12H3. The van der Waals surface area contributed by atoms with Crippen LogP contribution >= 0.6 is 0 Å². The molecule has 76 heavy (non-hydrogen) atoms. The van der Waals surface area contributed by atoms with Gasteiger partial charge in [-0.3, -0.25) is 0 Å². The zero-order valence-electron chi connectivity index (χ0n) is 46.3. The molecule has 14 aromatic rings. The van der Waals surface area contributed by atoms with E-state index in [0.29, 0.717) is 0 Å². The van der Waals surface area contributed by atoms with Crippen LogP contribution in [-0.4, -0.2) is 0 Å². The molecular weight excluding hydrogens is 913 g/mol. The van der Waals surface area contributed by atoms with Gasteiger partial charge in [-0.05, 0) is 216 Å². The fourth-order valence-electron chi connectivity index (χ4n) is 13.3. The van der Waals surface area contributed by atoms with E-state index in [-0.39, 0.29) is 21.7 Å². The van der Waals surface area contributed by atoms with Crippen molar-refractivity contribution in [1.29, 1.82) is 0 Å². The van der Waals surface area contributed by atoms with E-state index in [9.17, 15) is 0 Å². The third-order valence-corrected chi connectivity index (χ3v) is 17.4. The Morgan fingerprint density at radius 3 is 1.22 bits per heavy atom. The van der Waals surface area contributed by atoms with Gasteiger partial charge in [0.05, 0.1) is 0 Å². The van der Waals surface area contributed by atoms with Crippen LogP contribution in [-0.2, 0) is 21.7 Å². The largest absolute Gasteiger partial charge is 0.0622 e. The molecule has 0 bridgehead atoms. The van der Waals surface area contributed by atoms with Gasteiger partial charge in [-0.1, -0.05) is 235 Å². The third-order valence-electron chi connectivity index (χ3n) is 17.4. The van der Waals surface area contributed by atoms with Crippen molar-refractivity contribution in [2.45, 2.75) is 105 Å². The van der Waals surface area contributed by atoms with Crippen molar-refractivity contribution in [3.63, 3.8) is 0 Å². The average molecular weight is 979 g/mol. The van der Waals surface area contributed by atoms with Crippen LogP contribution in [0, 0.1) is 0 Å². The van der Waals surface area contributed by atoms with E-state index in [1.807, 2.05) is 0 Å². The molecule has 0 heterocycles. The smallest absolute Gasteiger partial charge is 0.000718 e. The molecule has 0 saturated carbocycles. The summed E-state index contributed by atoms with van der Waals surface area (Å²) in [5, 5.41) is 23.8. The first-order valence-corrected chi connectivity index (χ1v) is 27.6. The van der Waals surface area contributed by atoms with Gasteiger partial charge in [0.1, 0.15) is 0 Å². The molecule has 0 N–H and O–H groups in total. The number of fused-ring (bicyclic) bond motifs is 7. The maximum Gasteiger partial charge on any atom is -0.000718 e. The second kappa shape index (κ2) is 15.9. The first-order chi connectivity index (χ1) is 36.2. The molecule has 0 aliphatic carbocycles. The van der Waals surface area contributed by atoms with Gasteiger partial charge in [-0.25, -0.2) is 0 Å². The van der Waals surface area contributed by atoms with Gasteiger partial charge in [0.15, 0.2) is 0 Å². The lowest BCUT2D eigenvalue weighted by molar-refractivity contribution is 0.568. The summed E-state index contributed by atoms with van der Waals surface area (Å²) in [6.07, 6.45) is 0. The summed E-state index contributed by atoms with van der Waals surface area (Å²) in [5.74, 6) is 0. The Morgan fingerprint density at radius 1 is 0.211 bits per heavy atom. The lowest BCUT2D eigenvalue weighted by Crippen LogP contribution is -2.16. The first-order valence-electron chi connectivity index (χ1n) is 27.6. The predicted molar refractivity (Wildman–Crippen MR) is 334 cm³/mol. The zero-order valence-corrected chi connectivity index (χ0v) is 46.3. The van der Waals surface area contributed by atoms with Crippen LogP contribution < -0.4 is 0 Å². The van der Waals surface area contributed by atoms with Crippen LogP contribution in [0.1, 0.15) is 105 Å². The highest BCUT2D eigenvalue weighted by Gasteiger charge is 2.31. The van der Waals surface area contributed by atoms with Crippen LogP contribution in [0.2, 0.25) is 0 Å². The molecule has 370 valence electrons. The molecule has 0 saturated heterocycles. The maximum absolute atomic E-state index is 2.63. The van der Waals surface area contributed by atoms with Crippen molar-refractivity contribution in [3.8, 4) is 44.5 Å². The average Bonchev–Trinajstić information content (AvgIpc) is 3.95. The van der Waals surface area contributed by atoms with Gasteiger partial charge < -0.3 is 0 Å². The SMILES string of the molecule is CC(C)(C)c1cc(-c2c3cc4c(cc3c(-c3cc(C(C)(C)C)cc(C(C)(C)C)c3)c3c5cc6cc(-c7ccccc7)cc7ccc8ccc(c23)c5c8c76)c2cccc3c(-c5ccccc5)ccc4c32)cc(C(C)(C)C)c1. The molecule has 0 fully saturated rings. The Bertz CT molecular complexity index is 4610. The third kappa shape index (κ3) is 6.95. The molecule has 0 unspecified atom stereocenters. The normalized spacial score (nSPS) is 13.3. The van der Waals surface area contributed by atoms with Crippen LogP contribution in [0.15, 0.2) is 182 Å². The zero-order chi connectivity index (χ0) is 52.5. The number of rotatable bonds is 4. The molecule has 0 nitrogen and oxygen atoms in total. The van der Waals surface area contributed by atoms with E-state index in [1.165, 1.54) is 164 Å². The minimum atomic E-state index is -0.0810. The summed E-state index contributed by atoms with van der Waals surface area (Å²) in [4.78, 5) is 0. The summed E-state index contributed by atoms with van der Waals surface area (Å²) in [6, 6.07) is 71.2. The Morgan fingerprint density at radius 2 is 0.671 bits per heavy atom. The topological polar surface area (TPSA) is 0 Å². The van der Waals surface area contributed by atoms with Crippen LogP contribution in [0.5, 0.6) is 0 Å². The minimum Gasteiger partial charge on any atom is -0.0622 e. The Kier molecular flexibility index (Phi) is 9.76. The van der Waals surface area contributed by atoms with Gasteiger partial charge in [-0.15, -0.1) is 0 Å². The molecule has 0 aromatic heterocycles. The first kappa shape index (κ1) is 46.7. The summed E-state index contributed by atoms with van der Waals surface area (Å²) >= 11 is 0. The fraction of sp³-hybridized carbons (Fsp3) is 0.211. The van der Waals surface area contributed by atoms with Gasteiger partial charge in [0.2, 0.25) is 0 Å². The van der Waals surface area contributed by atoms with Crippen LogP contribution in [0.3, 0.4) is 0 Å². The highest BCUT2D eigenvalue weighted by molar-refractivity contribution is 6.46. The van der Waals surface area contributed by atoms with Crippen molar-refractivity contribution < 1.29 is 0 Å². The van der Waals surface area contributed by atoms with Gasteiger partial charge in [0, 0.05) is 0 Å². The summed E-state index contributed by atoms with van der Waals surface area (Å²) in [5.41, 5.74) is 15.4. The van der Waals surface area contributed by atoms with Gasteiger partial charge in [0.25, 0.3) is 0 Å². The second-order valence-electron chi connectivity index (χ2n) is 26.5. The van der Waals surface area contributed by atoms with Crippen LogP contribution in [0.25, 0.3) is 141 Å². The highest BCUT2D eigenvalue weighted by Crippen LogP contribution is 2.56. The molecule has 0 heteroatoms. The van der Waals surface area contributed by atoms with Crippen molar-refractivity contribution in [2.24, 2.45) is 0 Å². The number of hydrogen-bond donors (Lipinski definition) is 0. The highest BCUT2D eigenvalue weighted by atomic mass is 14.3. The van der Waals surface area contributed by atoms with Gasteiger partial charge >= 0.3 is 0 Å². The summed E-state index contributed by atoms with van der Waals surface area (Å²) < 4.78 is 0. The van der Waals surface area contributed by atoms with E-state index in [1.54, 1.807) is 0 Å². The predicted octanol–water partition coefficient (Wildman–Crippen LogP) is 22.2. The number of benzene rings is 12. The summed E-state index contributed by atoms with van der Waals surface area (Å²) in [7, 11) is 0.